The molecule has 2 aromatic rings. The van der Waals surface area contributed by atoms with Crippen LogP contribution in [0.25, 0.3) is 0 Å². The maximum absolute atomic E-state index is 10.8. The van der Waals surface area contributed by atoms with E-state index in [1.165, 1.54) is 7.11 Å². The largest absolute Gasteiger partial charge is 0.493 e. The topological polar surface area (TPSA) is 44.8 Å². The molecule has 4 nitrogen and oxygen atoms in total. The number of halogens is 2. The van der Waals surface area contributed by atoms with Crippen molar-refractivity contribution in [3.8, 4) is 17.2 Å². The minimum Gasteiger partial charge on any atom is -0.493 e. The first kappa shape index (κ1) is 16.5. The summed E-state index contributed by atoms with van der Waals surface area (Å²) in [6.07, 6.45) is 0.745. The van der Waals surface area contributed by atoms with E-state index in [1.807, 2.05) is 0 Å². The maximum atomic E-state index is 10.8. The maximum Gasteiger partial charge on any atom is 0.162 e. The van der Waals surface area contributed by atoms with E-state index < -0.39 is 0 Å². The fraction of sp³-hybridized carbons (Fsp3) is 0.188. The van der Waals surface area contributed by atoms with E-state index in [0.717, 1.165) is 6.29 Å². The van der Waals surface area contributed by atoms with Crippen LogP contribution in [0.5, 0.6) is 17.2 Å². The fourth-order valence-electron chi connectivity index (χ4n) is 1.77. The quantitative estimate of drug-likeness (QED) is 0.557. The molecule has 0 spiro atoms. The Bertz CT molecular complexity index is 659. The highest BCUT2D eigenvalue weighted by atomic mass is 35.5. The summed E-state index contributed by atoms with van der Waals surface area (Å²) in [6, 6.07) is 9.92. The van der Waals surface area contributed by atoms with Crippen molar-refractivity contribution in [2.45, 2.75) is 0 Å². The van der Waals surface area contributed by atoms with Crippen molar-refractivity contribution < 1.29 is 19.0 Å². The van der Waals surface area contributed by atoms with Crippen molar-refractivity contribution in [3.63, 3.8) is 0 Å². The lowest BCUT2D eigenvalue weighted by atomic mass is 10.2. The zero-order valence-corrected chi connectivity index (χ0v) is 13.4. The first-order valence-electron chi connectivity index (χ1n) is 6.48. The number of carbonyl (C=O) groups excluding carboxylic acids is 1. The molecule has 6 heteroatoms. The van der Waals surface area contributed by atoms with Crippen molar-refractivity contribution in [2.24, 2.45) is 0 Å². The summed E-state index contributed by atoms with van der Waals surface area (Å²) < 4.78 is 16.3. The molecule has 0 N–H and O–H groups in total. The van der Waals surface area contributed by atoms with Gasteiger partial charge >= 0.3 is 0 Å². The van der Waals surface area contributed by atoms with Gasteiger partial charge in [-0.1, -0.05) is 23.2 Å². The van der Waals surface area contributed by atoms with Crippen LogP contribution in [0.4, 0.5) is 0 Å². The van der Waals surface area contributed by atoms with Crippen LogP contribution in [-0.4, -0.2) is 26.6 Å². The number of hydrogen-bond acceptors (Lipinski definition) is 4. The second kappa shape index (κ2) is 7.92. The summed E-state index contributed by atoms with van der Waals surface area (Å²) in [5, 5.41) is 1.02. The molecule has 0 heterocycles. The van der Waals surface area contributed by atoms with Gasteiger partial charge in [0.2, 0.25) is 0 Å². The minimum atomic E-state index is 0.265. The van der Waals surface area contributed by atoms with E-state index in [1.54, 1.807) is 36.4 Å². The molecule has 116 valence electrons. The number of benzene rings is 2. The Labute approximate surface area is 138 Å². The van der Waals surface area contributed by atoms with Crippen LogP contribution in [0.2, 0.25) is 10.0 Å². The standard InChI is InChI=1S/C16H14Cl2O4/c1-20-14-5-2-11(10-19)8-16(14)22-7-6-21-15-9-12(17)3-4-13(15)18/h2-5,8-10H,6-7H2,1H3. The second-order valence-corrected chi connectivity index (χ2v) is 5.14. The van der Waals surface area contributed by atoms with Crippen LogP contribution in [0.15, 0.2) is 36.4 Å². The lowest BCUT2D eigenvalue weighted by Gasteiger charge is -2.12. The smallest absolute Gasteiger partial charge is 0.162 e. The Kier molecular flexibility index (Phi) is 5.92. The summed E-state index contributed by atoms with van der Waals surface area (Å²) in [7, 11) is 1.53. The van der Waals surface area contributed by atoms with Crippen molar-refractivity contribution in [2.75, 3.05) is 20.3 Å². The lowest BCUT2D eigenvalue weighted by Crippen LogP contribution is -2.10. The van der Waals surface area contributed by atoms with Crippen molar-refractivity contribution in [1.29, 1.82) is 0 Å². The van der Waals surface area contributed by atoms with Gasteiger partial charge in [0.15, 0.2) is 11.5 Å². The van der Waals surface area contributed by atoms with Crippen LogP contribution in [0.3, 0.4) is 0 Å². The van der Waals surface area contributed by atoms with Crippen LogP contribution in [0.1, 0.15) is 10.4 Å². The summed E-state index contributed by atoms with van der Waals surface area (Å²) in [4.78, 5) is 10.8. The van der Waals surface area contributed by atoms with E-state index in [9.17, 15) is 4.79 Å². The van der Waals surface area contributed by atoms with Gasteiger partial charge < -0.3 is 14.2 Å². The summed E-state index contributed by atoms with van der Waals surface area (Å²) in [5.74, 6) is 1.52. The molecular weight excluding hydrogens is 327 g/mol. The van der Waals surface area contributed by atoms with Crippen LogP contribution < -0.4 is 14.2 Å². The van der Waals surface area contributed by atoms with Gasteiger partial charge in [-0.3, -0.25) is 4.79 Å². The molecule has 0 aliphatic carbocycles. The summed E-state index contributed by atoms with van der Waals surface area (Å²) in [6.45, 7) is 0.538. The van der Waals surface area contributed by atoms with Gasteiger partial charge in [0, 0.05) is 16.7 Å². The molecule has 0 amide bonds. The number of ether oxygens (including phenoxy) is 3. The van der Waals surface area contributed by atoms with Gasteiger partial charge in [-0.15, -0.1) is 0 Å². The first-order valence-corrected chi connectivity index (χ1v) is 7.23. The van der Waals surface area contributed by atoms with Crippen molar-refractivity contribution in [3.05, 3.63) is 52.0 Å². The molecule has 0 atom stereocenters. The molecule has 2 rings (SSSR count). The highest BCUT2D eigenvalue weighted by Crippen LogP contribution is 2.29. The number of aldehydes is 1. The summed E-state index contributed by atoms with van der Waals surface area (Å²) in [5.41, 5.74) is 0.509. The van der Waals surface area contributed by atoms with Gasteiger partial charge in [-0.05, 0) is 30.3 Å². The Morgan fingerprint density at radius 3 is 2.36 bits per heavy atom. The molecule has 0 saturated carbocycles. The average molecular weight is 341 g/mol. The molecule has 0 unspecified atom stereocenters. The van der Waals surface area contributed by atoms with Gasteiger partial charge in [0.05, 0.1) is 12.1 Å². The molecule has 0 bridgehead atoms. The number of hydrogen-bond donors (Lipinski definition) is 0. The average Bonchev–Trinajstić information content (AvgIpc) is 2.54. The van der Waals surface area contributed by atoms with Gasteiger partial charge in [-0.25, -0.2) is 0 Å². The zero-order valence-electron chi connectivity index (χ0n) is 11.8. The van der Waals surface area contributed by atoms with Crippen molar-refractivity contribution >= 4 is 29.5 Å². The molecule has 22 heavy (non-hydrogen) atoms. The van der Waals surface area contributed by atoms with Gasteiger partial charge in [0.1, 0.15) is 25.2 Å². The van der Waals surface area contributed by atoms with Crippen molar-refractivity contribution in [1.82, 2.24) is 0 Å². The van der Waals surface area contributed by atoms with E-state index in [4.69, 9.17) is 37.4 Å². The highest BCUT2D eigenvalue weighted by molar-refractivity contribution is 6.34. The zero-order chi connectivity index (χ0) is 15.9. The normalized spacial score (nSPS) is 10.1. The van der Waals surface area contributed by atoms with Crippen LogP contribution in [-0.2, 0) is 0 Å². The Morgan fingerprint density at radius 2 is 1.68 bits per heavy atom. The first-order chi connectivity index (χ1) is 10.6. The third kappa shape index (κ3) is 4.29. The monoisotopic (exact) mass is 340 g/mol. The third-order valence-corrected chi connectivity index (χ3v) is 3.36. The second-order valence-electron chi connectivity index (χ2n) is 4.30. The molecule has 0 aliphatic heterocycles. The Hall–Kier alpha value is -1.91. The third-order valence-electron chi connectivity index (χ3n) is 2.82. The molecule has 2 aromatic carbocycles. The molecule has 0 fully saturated rings. The molecular formula is C16H14Cl2O4. The molecule has 0 saturated heterocycles. The number of methoxy groups -OCH3 is 1. The Balaban J connectivity index is 1.93. The van der Waals surface area contributed by atoms with Gasteiger partial charge in [0.25, 0.3) is 0 Å². The molecule has 0 aliphatic rings. The van der Waals surface area contributed by atoms with E-state index >= 15 is 0 Å². The van der Waals surface area contributed by atoms with Gasteiger partial charge in [-0.2, -0.15) is 0 Å². The summed E-state index contributed by atoms with van der Waals surface area (Å²) >= 11 is 11.9. The fourth-order valence-corrected chi connectivity index (χ4v) is 2.10. The van der Waals surface area contributed by atoms with Crippen LogP contribution >= 0.6 is 23.2 Å². The lowest BCUT2D eigenvalue weighted by molar-refractivity contribution is 0.112. The molecule has 0 aromatic heterocycles. The van der Waals surface area contributed by atoms with E-state index in [2.05, 4.69) is 0 Å². The molecule has 0 radical (unpaired) electrons. The predicted octanol–water partition coefficient (Wildman–Crippen LogP) is 4.27. The van der Waals surface area contributed by atoms with E-state index in [0.29, 0.717) is 32.9 Å². The minimum absolute atomic E-state index is 0.265. The van der Waals surface area contributed by atoms with E-state index in [-0.39, 0.29) is 13.2 Å². The highest BCUT2D eigenvalue weighted by Gasteiger charge is 2.07. The number of rotatable bonds is 7. The number of carbonyl (C=O) groups is 1. The van der Waals surface area contributed by atoms with Crippen LogP contribution in [0, 0.1) is 0 Å². The predicted molar refractivity (Wildman–Crippen MR) is 85.8 cm³/mol. The Morgan fingerprint density at radius 1 is 0.955 bits per heavy atom. The SMILES string of the molecule is COc1ccc(C=O)cc1OCCOc1cc(Cl)ccc1Cl.